The lowest BCUT2D eigenvalue weighted by molar-refractivity contribution is 1.11. The zero-order valence-corrected chi connectivity index (χ0v) is 11.0. The summed E-state index contributed by atoms with van der Waals surface area (Å²) in [5.74, 6) is 0. The monoisotopic (exact) mass is 257 g/mol. The van der Waals surface area contributed by atoms with Gasteiger partial charge in [-0.15, -0.1) is 0 Å². The summed E-state index contributed by atoms with van der Waals surface area (Å²) in [5.41, 5.74) is 9.65. The number of aromatic nitrogens is 1. The highest BCUT2D eigenvalue weighted by Gasteiger charge is 1.99. The lowest BCUT2D eigenvalue weighted by atomic mass is 10.1. The van der Waals surface area contributed by atoms with Gasteiger partial charge in [-0.3, -0.25) is 4.98 Å². The van der Waals surface area contributed by atoms with Crippen LogP contribution in [0.25, 0.3) is 0 Å². The van der Waals surface area contributed by atoms with Gasteiger partial charge in [-0.25, -0.2) is 0 Å². The molecule has 0 fully saturated rings. The molecule has 4 heteroatoms. The SMILES string of the molecule is Cc1ccccc1CNc1ccc(C(N)=S)nc1. The number of benzene rings is 1. The molecule has 1 aromatic heterocycles. The molecule has 0 radical (unpaired) electrons. The van der Waals surface area contributed by atoms with E-state index in [-0.39, 0.29) is 0 Å². The number of nitrogens with two attached hydrogens (primary N) is 1. The van der Waals surface area contributed by atoms with Crippen molar-refractivity contribution in [1.82, 2.24) is 4.98 Å². The van der Waals surface area contributed by atoms with E-state index in [4.69, 9.17) is 18.0 Å². The molecular weight excluding hydrogens is 242 g/mol. The van der Waals surface area contributed by atoms with E-state index >= 15 is 0 Å². The van der Waals surface area contributed by atoms with Crippen molar-refractivity contribution in [3.05, 3.63) is 59.4 Å². The minimum atomic E-state index is 0.320. The van der Waals surface area contributed by atoms with Crippen molar-refractivity contribution in [1.29, 1.82) is 0 Å². The molecule has 18 heavy (non-hydrogen) atoms. The smallest absolute Gasteiger partial charge is 0.122 e. The van der Waals surface area contributed by atoms with Gasteiger partial charge in [0.25, 0.3) is 0 Å². The first kappa shape index (κ1) is 12.5. The van der Waals surface area contributed by atoms with E-state index < -0.39 is 0 Å². The fourth-order valence-corrected chi connectivity index (χ4v) is 1.77. The summed E-state index contributed by atoms with van der Waals surface area (Å²) in [4.78, 5) is 4.50. The van der Waals surface area contributed by atoms with Gasteiger partial charge in [0.2, 0.25) is 0 Å². The van der Waals surface area contributed by atoms with Crippen molar-refractivity contribution in [2.45, 2.75) is 13.5 Å². The summed E-state index contributed by atoms with van der Waals surface area (Å²) in [6.07, 6.45) is 1.74. The van der Waals surface area contributed by atoms with E-state index in [2.05, 4.69) is 29.4 Å². The minimum absolute atomic E-state index is 0.320. The van der Waals surface area contributed by atoms with Crippen LogP contribution in [0.2, 0.25) is 0 Å². The lowest BCUT2D eigenvalue weighted by Crippen LogP contribution is -2.11. The highest BCUT2D eigenvalue weighted by atomic mass is 32.1. The van der Waals surface area contributed by atoms with Gasteiger partial charge < -0.3 is 11.1 Å². The molecule has 3 N–H and O–H groups in total. The Kier molecular flexibility index (Phi) is 3.89. The number of nitrogens with zero attached hydrogens (tertiary/aromatic N) is 1. The van der Waals surface area contributed by atoms with Crippen LogP contribution in [0, 0.1) is 6.92 Å². The molecule has 0 aliphatic heterocycles. The summed E-state index contributed by atoms with van der Waals surface area (Å²) < 4.78 is 0. The Morgan fingerprint density at radius 2 is 2.06 bits per heavy atom. The Bertz CT molecular complexity index is 549. The predicted molar refractivity (Wildman–Crippen MR) is 78.6 cm³/mol. The Hall–Kier alpha value is -1.94. The lowest BCUT2D eigenvalue weighted by Gasteiger charge is -2.09. The Labute approximate surface area is 112 Å². The molecule has 0 aliphatic rings. The van der Waals surface area contributed by atoms with Crippen LogP contribution < -0.4 is 11.1 Å². The molecule has 0 aliphatic carbocycles. The molecule has 1 aromatic carbocycles. The van der Waals surface area contributed by atoms with Gasteiger partial charge in [-0.05, 0) is 30.2 Å². The normalized spacial score (nSPS) is 10.1. The maximum absolute atomic E-state index is 5.50. The van der Waals surface area contributed by atoms with E-state index in [0.29, 0.717) is 10.7 Å². The van der Waals surface area contributed by atoms with E-state index in [0.717, 1.165) is 12.2 Å². The molecule has 2 rings (SSSR count). The summed E-state index contributed by atoms with van der Waals surface area (Å²) in [6.45, 7) is 2.88. The summed E-state index contributed by atoms with van der Waals surface area (Å²) in [5, 5.41) is 3.32. The molecule has 3 nitrogen and oxygen atoms in total. The van der Waals surface area contributed by atoms with Crippen molar-refractivity contribution in [2.75, 3.05) is 5.32 Å². The van der Waals surface area contributed by atoms with E-state index in [9.17, 15) is 0 Å². The third kappa shape index (κ3) is 3.05. The molecule has 92 valence electrons. The number of aryl methyl sites for hydroxylation is 1. The van der Waals surface area contributed by atoms with Crippen LogP contribution in [0.1, 0.15) is 16.8 Å². The Morgan fingerprint density at radius 3 is 2.67 bits per heavy atom. The number of pyridine rings is 1. The number of hydrogen-bond acceptors (Lipinski definition) is 3. The van der Waals surface area contributed by atoms with Crippen molar-refractivity contribution in [3.63, 3.8) is 0 Å². The van der Waals surface area contributed by atoms with Gasteiger partial charge in [-0.1, -0.05) is 36.5 Å². The molecule has 0 spiro atoms. The van der Waals surface area contributed by atoms with Gasteiger partial charge >= 0.3 is 0 Å². The van der Waals surface area contributed by atoms with E-state index in [1.165, 1.54) is 11.1 Å². The highest BCUT2D eigenvalue weighted by molar-refractivity contribution is 7.80. The molecule has 0 unspecified atom stereocenters. The van der Waals surface area contributed by atoms with E-state index in [1.807, 2.05) is 24.3 Å². The van der Waals surface area contributed by atoms with Crippen LogP contribution in [-0.2, 0) is 6.54 Å². The molecule has 0 saturated carbocycles. The number of rotatable bonds is 4. The van der Waals surface area contributed by atoms with E-state index in [1.54, 1.807) is 6.20 Å². The topological polar surface area (TPSA) is 50.9 Å². The van der Waals surface area contributed by atoms with Gasteiger partial charge in [0.15, 0.2) is 0 Å². The second kappa shape index (κ2) is 5.60. The van der Waals surface area contributed by atoms with Gasteiger partial charge in [-0.2, -0.15) is 0 Å². The fourth-order valence-electron chi connectivity index (χ4n) is 1.65. The molecule has 0 amide bonds. The Balaban J connectivity index is 2.02. The quantitative estimate of drug-likeness (QED) is 0.827. The number of nitrogens with one attached hydrogen (secondary N) is 1. The van der Waals surface area contributed by atoms with Crippen molar-refractivity contribution >= 4 is 22.9 Å². The maximum Gasteiger partial charge on any atom is 0.122 e. The predicted octanol–water partition coefficient (Wildman–Crippen LogP) is 2.64. The van der Waals surface area contributed by atoms with Crippen LogP contribution in [-0.4, -0.2) is 9.97 Å². The molecule has 2 aromatic rings. The van der Waals surface area contributed by atoms with Gasteiger partial charge in [0.05, 0.1) is 17.6 Å². The Morgan fingerprint density at radius 1 is 1.28 bits per heavy atom. The van der Waals surface area contributed by atoms with Crippen molar-refractivity contribution in [3.8, 4) is 0 Å². The first-order valence-electron chi connectivity index (χ1n) is 5.71. The molecule has 0 atom stereocenters. The molecule has 1 heterocycles. The molecule has 0 bridgehead atoms. The zero-order valence-electron chi connectivity index (χ0n) is 10.2. The zero-order chi connectivity index (χ0) is 13.0. The first-order valence-corrected chi connectivity index (χ1v) is 6.12. The molecule has 0 saturated heterocycles. The summed E-state index contributed by atoms with van der Waals surface area (Å²) >= 11 is 4.86. The average molecular weight is 257 g/mol. The largest absolute Gasteiger partial charge is 0.388 e. The fraction of sp³-hybridized carbons (Fsp3) is 0.143. The third-order valence-corrected chi connectivity index (χ3v) is 2.97. The standard InChI is InChI=1S/C14H15N3S/c1-10-4-2-3-5-11(10)8-16-12-6-7-13(14(15)18)17-9-12/h2-7,9,16H,8H2,1H3,(H2,15,18). The minimum Gasteiger partial charge on any atom is -0.388 e. The van der Waals surface area contributed by atoms with Gasteiger partial charge in [0.1, 0.15) is 4.99 Å². The number of hydrogen-bond donors (Lipinski definition) is 2. The molecular formula is C14H15N3S. The second-order valence-electron chi connectivity index (χ2n) is 4.08. The number of anilines is 1. The maximum atomic E-state index is 5.50. The second-order valence-corrected chi connectivity index (χ2v) is 4.52. The highest BCUT2D eigenvalue weighted by Crippen LogP contribution is 2.11. The third-order valence-electron chi connectivity index (χ3n) is 2.76. The van der Waals surface area contributed by atoms with Crippen LogP contribution in [0.3, 0.4) is 0 Å². The van der Waals surface area contributed by atoms with Crippen LogP contribution in [0.4, 0.5) is 5.69 Å². The van der Waals surface area contributed by atoms with Crippen LogP contribution in [0.5, 0.6) is 0 Å². The number of thiocarbonyl (C=S) groups is 1. The van der Waals surface area contributed by atoms with Gasteiger partial charge in [0, 0.05) is 6.54 Å². The van der Waals surface area contributed by atoms with Crippen molar-refractivity contribution in [2.24, 2.45) is 5.73 Å². The average Bonchev–Trinajstić information content (AvgIpc) is 2.38. The summed E-state index contributed by atoms with van der Waals surface area (Å²) in [6, 6.07) is 12.0. The first-order chi connectivity index (χ1) is 8.66. The summed E-state index contributed by atoms with van der Waals surface area (Å²) in [7, 11) is 0. The van der Waals surface area contributed by atoms with Crippen molar-refractivity contribution < 1.29 is 0 Å². The van der Waals surface area contributed by atoms with Crippen LogP contribution >= 0.6 is 12.2 Å². The van der Waals surface area contributed by atoms with Crippen LogP contribution in [0.15, 0.2) is 42.6 Å².